The Morgan fingerprint density at radius 2 is 1.94 bits per heavy atom. The maximum Gasteiger partial charge on any atom is 0.325 e. The van der Waals surface area contributed by atoms with Gasteiger partial charge in [0.2, 0.25) is 0 Å². The molecule has 0 unspecified atom stereocenters. The van der Waals surface area contributed by atoms with Gasteiger partial charge in [0.1, 0.15) is 5.54 Å². The number of methoxy groups -OCH3 is 1. The quantitative estimate of drug-likeness (QED) is 0.578. The van der Waals surface area contributed by atoms with Gasteiger partial charge in [-0.1, -0.05) is 0 Å². The molecule has 6 nitrogen and oxygen atoms in total. The Labute approximate surface area is 100 Å². The second-order valence-electron chi connectivity index (χ2n) is 5.28. The molecule has 0 atom stereocenters. The molecule has 6 heteroatoms. The molecule has 1 rings (SSSR count). The lowest BCUT2D eigenvalue weighted by molar-refractivity contribution is -0.152. The first-order valence-corrected chi connectivity index (χ1v) is 5.34. The van der Waals surface area contributed by atoms with Crippen LogP contribution in [-0.2, 0) is 14.3 Å². The zero-order valence-corrected chi connectivity index (χ0v) is 10.8. The summed E-state index contributed by atoms with van der Waals surface area (Å²) in [6.07, 6.45) is 0. The van der Waals surface area contributed by atoms with Gasteiger partial charge in [-0.05, 0) is 27.7 Å². The van der Waals surface area contributed by atoms with Crippen LogP contribution in [-0.4, -0.2) is 42.0 Å². The van der Waals surface area contributed by atoms with Crippen molar-refractivity contribution in [2.45, 2.75) is 33.2 Å². The molecule has 0 aromatic carbocycles. The third-order valence-electron chi connectivity index (χ3n) is 2.99. The Bertz CT molecular complexity index is 374. The largest absolute Gasteiger partial charge is 0.469 e. The van der Waals surface area contributed by atoms with Gasteiger partial charge >= 0.3 is 12.0 Å². The third-order valence-corrected chi connectivity index (χ3v) is 2.99. The molecule has 1 aliphatic heterocycles. The van der Waals surface area contributed by atoms with E-state index < -0.39 is 23.0 Å². The second kappa shape index (κ2) is 4.01. The van der Waals surface area contributed by atoms with E-state index in [1.165, 1.54) is 12.0 Å². The summed E-state index contributed by atoms with van der Waals surface area (Å²) in [5, 5.41) is 2.23. The first kappa shape index (κ1) is 13.5. The van der Waals surface area contributed by atoms with Crippen LogP contribution in [0.15, 0.2) is 0 Å². The lowest BCUT2D eigenvalue weighted by Crippen LogP contribution is -2.50. The first-order chi connectivity index (χ1) is 7.63. The fourth-order valence-corrected chi connectivity index (χ4v) is 1.70. The molecule has 17 heavy (non-hydrogen) atoms. The summed E-state index contributed by atoms with van der Waals surface area (Å²) in [4.78, 5) is 36.1. The fraction of sp³-hybridized carbons (Fsp3) is 0.727. The Hall–Kier alpha value is -1.59. The smallest absolute Gasteiger partial charge is 0.325 e. The van der Waals surface area contributed by atoms with Crippen LogP contribution < -0.4 is 5.32 Å². The average molecular weight is 242 g/mol. The van der Waals surface area contributed by atoms with E-state index in [1.54, 1.807) is 27.7 Å². The van der Waals surface area contributed by atoms with Gasteiger partial charge in [0.05, 0.1) is 12.5 Å². The van der Waals surface area contributed by atoms with Crippen molar-refractivity contribution in [2.75, 3.05) is 13.7 Å². The molecule has 0 saturated carbocycles. The summed E-state index contributed by atoms with van der Waals surface area (Å²) < 4.78 is 4.67. The summed E-state index contributed by atoms with van der Waals surface area (Å²) in [6, 6.07) is -0.475. The van der Waals surface area contributed by atoms with Crippen molar-refractivity contribution in [2.24, 2.45) is 5.41 Å². The van der Waals surface area contributed by atoms with Gasteiger partial charge < -0.3 is 9.64 Å². The highest BCUT2D eigenvalue weighted by Crippen LogP contribution is 2.27. The molecular formula is C11H18N2O4. The van der Waals surface area contributed by atoms with E-state index in [0.29, 0.717) is 0 Å². The summed E-state index contributed by atoms with van der Waals surface area (Å²) in [5.41, 5.74) is -1.80. The van der Waals surface area contributed by atoms with Crippen LogP contribution in [0.2, 0.25) is 0 Å². The van der Waals surface area contributed by atoms with Crippen molar-refractivity contribution < 1.29 is 19.1 Å². The van der Waals surface area contributed by atoms with Crippen LogP contribution in [0.5, 0.6) is 0 Å². The Kier molecular flexibility index (Phi) is 3.18. The Balaban J connectivity index is 2.92. The zero-order chi connectivity index (χ0) is 13.4. The minimum Gasteiger partial charge on any atom is -0.469 e. The molecule has 1 N–H and O–H groups in total. The number of imide groups is 1. The van der Waals surface area contributed by atoms with E-state index in [-0.39, 0.29) is 12.5 Å². The summed E-state index contributed by atoms with van der Waals surface area (Å²) in [7, 11) is 1.30. The van der Waals surface area contributed by atoms with Crippen molar-refractivity contribution in [3.63, 3.8) is 0 Å². The molecule has 1 saturated heterocycles. The monoisotopic (exact) mass is 242 g/mol. The molecule has 0 spiro atoms. The lowest BCUT2D eigenvalue weighted by atomic mass is 9.91. The zero-order valence-electron chi connectivity index (χ0n) is 10.8. The van der Waals surface area contributed by atoms with E-state index in [2.05, 4.69) is 10.1 Å². The van der Waals surface area contributed by atoms with Crippen LogP contribution in [0.4, 0.5) is 4.79 Å². The SMILES string of the molecule is COC(=O)C(C)(C)CN1C(=O)NC(=O)C1(C)C. The summed E-state index contributed by atoms with van der Waals surface area (Å²) >= 11 is 0. The second-order valence-corrected chi connectivity index (χ2v) is 5.28. The molecule has 0 aromatic heterocycles. The summed E-state index contributed by atoms with van der Waals surface area (Å²) in [6.45, 7) is 6.75. The van der Waals surface area contributed by atoms with E-state index >= 15 is 0 Å². The van der Waals surface area contributed by atoms with Gasteiger partial charge in [-0.2, -0.15) is 0 Å². The van der Waals surface area contributed by atoms with E-state index in [9.17, 15) is 14.4 Å². The van der Waals surface area contributed by atoms with Crippen LogP contribution in [0.25, 0.3) is 0 Å². The highest BCUT2D eigenvalue weighted by molar-refractivity contribution is 6.06. The van der Waals surface area contributed by atoms with E-state index in [1.807, 2.05) is 0 Å². The predicted octanol–water partition coefficient (Wildman–Crippen LogP) is 0.516. The van der Waals surface area contributed by atoms with Crippen LogP contribution in [0.1, 0.15) is 27.7 Å². The molecule has 0 aromatic rings. The number of hydrogen-bond donors (Lipinski definition) is 1. The molecular weight excluding hydrogens is 224 g/mol. The number of nitrogens with zero attached hydrogens (tertiary/aromatic N) is 1. The summed E-state index contributed by atoms with van der Waals surface area (Å²) in [5.74, 6) is -0.774. The van der Waals surface area contributed by atoms with Crippen molar-refractivity contribution in [3.05, 3.63) is 0 Å². The van der Waals surface area contributed by atoms with Crippen LogP contribution >= 0.6 is 0 Å². The molecule has 0 aliphatic carbocycles. The third kappa shape index (κ3) is 2.25. The molecule has 1 heterocycles. The van der Waals surface area contributed by atoms with Gasteiger partial charge in [-0.25, -0.2) is 4.79 Å². The van der Waals surface area contributed by atoms with Gasteiger partial charge in [0, 0.05) is 6.54 Å². The van der Waals surface area contributed by atoms with Crippen molar-refractivity contribution >= 4 is 17.9 Å². The topological polar surface area (TPSA) is 75.7 Å². The number of urea groups is 1. The molecule has 96 valence electrons. The fourth-order valence-electron chi connectivity index (χ4n) is 1.70. The number of amides is 3. The molecule has 1 fully saturated rings. The van der Waals surface area contributed by atoms with E-state index in [0.717, 1.165) is 0 Å². The van der Waals surface area contributed by atoms with Gasteiger partial charge in [-0.15, -0.1) is 0 Å². The maximum atomic E-state index is 11.6. The molecule has 0 bridgehead atoms. The molecule has 1 aliphatic rings. The molecule has 3 amide bonds. The molecule has 0 radical (unpaired) electrons. The Morgan fingerprint density at radius 3 is 2.29 bits per heavy atom. The van der Waals surface area contributed by atoms with Crippen molar-refractivity contribution in [1.82, 2.24) is 10.2 Å². The van der Waals surface area contributed by atoms with Crippen LogP contribution in [0.3, 0.4) is 0 Å². The lowest BCUT2D eigenvalue weighted by Gasteiger charge is -2.33. The van der Waals surface area contributed by atoms with Crippen LogP contribution in [0, 0.1) is 5.41 Å². The van der Waals surface area contributed by atoms with Gasteiger partial charge in [0.25, 0.3) is 5.91 Å². The number of ether oxygens (including phenoxy) is 1. The number of carbonyl (C=O) groups excluding carboxylic acids is 3. The standard InChI is InChI=1S/C11H18N2O4/c1-10(2,8(15)17-5)6-13-9(16)12-7(14)11(13,3)4/h6H2,1-5H3,(H,12,14,16). The number of nitrogens with one attached hydrogen (secondary N) is 1. The minimum atomic E-state index is -0.942. The number of rotatable bonds is 3. The first-order valence-electron chi connectivity index (χ1n) is 5.34. The van der Waals surface area contributed by atoms with E-state index in [4.69, 9.17) is 0 Å². The predicted molar refractivity (Wildman–Crippen MR) is 60.1 cm³/mol. The van der Waals surface area contributed by atoms with Crippen molar-refractivity contribution in [3.8, 4) is 0 Å². The van der Waals surface area contributed by atoms with Crippen molar-refractivity contribution in [1.29, 1.82) is 0 Å². The Morgan fingerprint density at radius 1 is 1.41 bits per heavy atom. The maximum absolute atomic E-state index is 11.6. The van der Waals surface area contributed by atoms with Gasteiger partial charge in [-0.3, -0.25) is 14.9 Å². The number of hydrogen-bond acceptors (Lipinski definition) is 4. The van der Waals surface area contributed by atoms with Gasteiger partial charge in [0.15, 0.2) is 0 Å². The minimum absolute atomic E-state index is 0.129. The number of esters is 1. The average Bonchev–Trinajstić information content (AvgIpc) is 2.40. The number of carbonyl (C=O) groups is 3. The highest BCUT2D eigenvalue weighted by Gasteiger charge is 2.48. The normalized spacial score (nSPS) is 19.2. The highest BCUT2D eigenvalue weighted by atomic mass is 16.5.